The fourth-order valence-electron chi connectivity index (χ4n) is 5.30. The summed E-state index contributed by atoms with van der Waals surface area (Å²) in [5.74, 6) is -0.107. The molecule has 38 heavy (non-hydrogen) atoms. The predicted octanol–water partition coefficient (Wildman–Crippen LogP) is 4.83. The van der Waals surface area contributed by atoms with Gasteiger partial charge in [0.25, 0.3) is 0 Å². The lowest BCUT2D eigenvalue weighted by Gasteiger charge is -2.28. The van der Waals surface area contributed by atoms with Gasteiger partial charge in [-0.05, 0) is 44.2 Å². The van der Waals surface area contributed by atoms with E-state index >= 15 is 4.39 Å². The van der Waals surface area contributed by atoms with Gasteiger partial charge in [-0.1, -0.05) is 6.42 Å². The summed E-state index contributed by atoms with van der Waals surface area (Å²) in [5.41, 5.74) is 4.30. The molecule has 3 N–H and O–H groups in total. The normalized spacial score (nSPS) is 16.2. The van der Waals surface area contributed by atoms with E-state index in [0.29, 0.717) is 33.9 Å². The van der Waals surface area contributed by atoms with Gasteiger partial charge in [-0.2, -0.15) is 5.10 Å². The third-order valence-corrected chi connectivity index (χ3v) is 7.58. The molecular formula is C27H26FN9O. The second-order valence-corrected chi connectivity index (χ2v) is 10.0. The number of anilines is 2. The van der Waals surface area contributed by atoms with Gasteiger partial charge in [0.05, 0.1) is 34.7 Å². The lowest BCUT2D eigenvalue weighted by atomic mass is 9.85. The topological polar surface area (TPSA) is 128 Å². The Morgan fingerprint density at radius 3 is 2.74 bits per heavy atom. The van der Waals surface area contributed by atoms with Crippen LogP contribution in [0.25, 0.3) is 44.8 Å². The number of nitrogens with zero attached hydrogens (tertiary/aromatic N) is 6. The van der Waals surface area contributed by atoms with Crippen molar-refractivity contribution >= 4 is 39.3 Å². The number of nitrogens with one attached hydrogen (secondary N) is 3. The molecule has 1 saturated carbocycles. The van der Waals surface area contributed by atoms with E-state index in [2.05, 4.69) is 40.3 Å². The number of carbonyl (C=O) groups is 1. The summed E-state index contributed by atoms with van der Waals surface area (Å²) in [5, 5.41) is 10.4. The SMILES string of the molecule is O=C(Nc1cncc(-c2ncc3[nH]nc(-c4nc5c(N6CCCCC6)ccnc5[nH]4)c3c2F)c1)C1CCC1. The molecule has 0 radical (unpaired) electrons. The predicted molar refractivity (Wildman–Crippen MR) is 142 cm³/mol. The highest BCUT2D eigenvalue weighted by Crippen LogP contribution is 2.35. The minimum absolute atomic E-state index is 0.0291. The van der Waals surface area contributed by atoms with Crippen LogP contribution >= 0.6 is 0 Å². The molecule has 11 heteroatoms. The first-order chi connectivity index (χ1) is 18.7. The highest BCUT2D eigenvalue weighted by molar-refractivity contribution is 5.97. The summed E-state index contributed by atoms with van der Waals surface area (Å²) in [6.07, 6.45) is 12.8. The van der Waals surface area contributed by atoms with Crippen molar-refractivity contribution in [3.63, 3.8) is 0 Å². The molecule has 192 valence electrons. The second-order valence-electron chi connectivity index (χ2n) is 10.0. The number of hydrogen-bond acceptors (Lipinski definition) is 7. The molecule has 10 nitrogen and oxygen atoms in total. The summed E-state index contributed by atoms with van der Waals surface area (Å²) in [4.78, 5) is 35.8. The van der Waals surface area contributed by atoms with Crippen molar-refractivity contribution in [1.29, 1.82) is 0 Å². The van der Waals surface area contributed by atoms with Crippen LogP contribution in [0.2, 0.25) is 0 Å². The van der Waals surface area contributed by atoms with Gasteiger partial charge < -0.3 is 15.2 Å². The first-order valence-electron chi connectivity index (χ1n) is 13.0. The Labute approximate surface area is 217 Å². The number of piperidine rings is 1. The molecule has 2 fully saturated rings. The van der Waals surface area contributed by atoms with Crippen molar-refractivity contribution in [3.05, 3.63) is 42.7 Å². The number of hydrogen-bond donors (Lipinski definition) is 3. The Hall–Kier alpha value is -4.41. The largest absolute Gasteiger partial charge is 0.370 e. The molecule has 2 aliphatic rings. The number of aromatic amines is 2. The molecule has 5 aromatic rings. The average Bonchev–Trinajstić information content (AvgIpc) is 3.53. The third-order valence-electron chi connectivity index (χ3n) is 7.58. The molecule has 1 aliphatic carbocycles. The van der Waals surface area contributed by atoms with Crippen LogP contribution in [0.4, 0.5) is 15.8 Å². The van der Waals surface area contributed by atoms with E-state index in [9.17, 15) is 4.79 Å². The van der Waals surface area contributed by atoms with E-state index in [0.717, 1.165) is 56.4 Å². The van der Waals surface area contributed by atoms with E-state index < -0.39 is 5.82 Å². The minimum Gasteiger partial charge on any atom is -0.370 e. The third kappa shape index (κ3) is 3.85. The maximum Gasteiger partial charge on any atom is 0.227 e. The molecule has 0 unspecified atom stereocenters. The Morgan fingerprint density at radius 2 is 1.92 bits per heavy atom. The van der Waals surface area contributed by atoms with Crippen molar-refractivity contribution in [2.24, 2.45) is 5.92 Å². The highest BCUT2D eigenvalue weighted by atomic mass is 19.1. The van der Waals surface area contributed by atoms with Crippen LogP contribution in [0.15, 0.2) is 36.9 Å². The highest BCUT2D eigenvalue weighted by Gasteiger charge is 2.26. The molecule has 5 aromatic heterocycles. The summed E-state index contributed by atoms with van der Waals surface area (Å²) in [6, 6.07) is 3.67. The Kier molecular flexibility index (Phi) is 5.49. The zero-order valence-electron chi connectivity index (χ0n) is 20.7. The van der Waals surface area contributed by atoms with Gasteiger partial charge in [0.1, 0.15) is 16.9 Å². The molecular weight excluding hydrogens is 485 g/mol. The Balaban J connectivity index is 1.27. The fraction of sp³-hybridized carbons (Fsp3) is 0.333. The summed E-state index contributed by atoms with van der Waals surface area (Å²) in [7, 11) is 0. The molecule has 6 heterocycles. The van der Waals surface area contributed by atoms with E-state index in [1.165, 1.54) is 12.6 Å². The van der Waals surface area contributed by atoms with Crippen LogP contribution in [-0.2, 0) is 4.79 Å². The van der Waals surface area contributed by atoms with Crippen molar-refractivity contribution in [2.45, 2.75) is 38.5 Å². The van der Waals surface area contributed by atoms with E-state index in [-0.39, 0.29) is 22.9 Å². The molecule has 1 aliphatic heterocycles. The molecule has 0 atom stereocenters. The van der Waals surface area contributed by atoms with Gasteiger partial charge in [0, 0.05) is 37.0 Å². The fourth-order valence-corrected chi connectivity index (χ4v) is 5.30. The zero-order chi connectivity index (χ0) is 25.6. The van der Waals surface area contributed by atoms with Crippen molar-refractivity contribution in [3.8, 4) is 22.8 Å². The van der Waals surface area contributed by atoms with Crippen LogP contribution in [-0.4, -0.2) is 54.1 Å². The number of aromatic nitrogens is 7. The number of fused-ring (bicyclic) bond motifs is 2. The summed E-state index contributed by atoms with van der Waals surface area (Å²) in [6.45, 7) is 1.95. The van der Waals surface area contributed by atoms with Gasteiger partial charge in [-0.25, -0.2) is 14.4 Å². The van der Waals surface area contributed by atoms with Crippen LogP contribution in [0.5, 0.6) is 0 Å². The van der Waals surface area contributed by atoms with Crippen LogP contribution in [0, 0.1) is 11.7 Å². The van der Waals surface area contributed by atoms with E-state index in [1.807, 2.05) is 6.07 Å². The quantitative estimate of drug-likeness (QED) is 0.308. The van der Waals surface area contributed by atoms with Crippen LogP contribution in [0.3, 0.4) is 0 Å². The van der Waals surface area contributed by atoms with Crippen LogP contribution in [0.1, 0.15) is 38.5 Å². The molecule has 7 rings (SSSR count). The van der Waals surface area contributed by atoms with Crippen molar-refractivity contribution in [2.75, 3.05) is 23.3 Å². The minimum atomic E-state index is -0.541. The summed E-state index contributed by atoms with van der Waals surface area (Å²) >= 11 is 0. The zero-order valence-corrected chi connectivity index (χ0v) is 20.7. The Morgan fingerprint density at radius 1 is 1.05 bits per heavy atom. The van der Waals surface area contributed by atoms with Gasteiger partial charge in [-0.3, -0.25) is 19.9 Å². The monoisotopic (exact) mass is 511 g/mol. The molecule has 1 amide bonds. The maximum absolute atomic E-state index is 16.0. The molecule has 1 saturated heterocycles. The van der Waals surface area contributed by atoms with Crippen molar-refractivity contribution < 1.29 is 9.18 Å². The van der Waals surface area contributed by atoms with Gasteiger partial charge in [0.2, 0.25) is 5.91 Å². The van der Waals surface area contributed by atoms with Crippen molar-refractivity contribution in [1.82, 2.24) is 35.1 Å². The first kappa shape index (κ1) is 22.8. The Bertz CT molecular complexity index is 1670. The van der Waals surface area contributed by atoms with Gasteiger partial charge in [-0.15, -0.1) is 0 Å². The number of pyridine rings is 3. The number of carbonyl (C=O) groups excluding carboxylic acids is 1. The number of halogens is 1. The number of rotatable bonds is 5. The lowest BCUT2D eigenvalue weighted by Crippen LogP contribution is -2.29. The first-order valence-corrected chi connectivity index (χ1v) is 13.0. The average molecular weight is 512 g/mol. The number of amides is 1. The summed E-state index contributed by atoms with van der Waals surface area (Å²) < 4.78 is 16.0. The van der Waals surface area contributed by atoms with E-state index in [4.69, 9.17) is 4.98 Å². The van der Waals surface area contributed by atoms with Crippen LogP contribution < -0.4 is 10.2 Å². The molecule has 0 spiro atoms. The standard InChI is InChI=1S/C27H26FN9O/c28-21-20-18(14-31-22(21)16-11-17(13-29-12-16)32-27(38)15-5-4-6-15)35-36-24(20)26-33-23-19(7-8-30-25(23)34-26)37-9-2-1-3-10-37/h7-8,11-15H,1-6,9-10H2,(H,32,38)(H,35,36)(H,30,33,34). The lowest BCUT2D eigenvalue weighted by molar-refractivity contribution is -0.122. The number of H-pyrrole nitrogens is 2. The van der Waals surface area contributed by atoms with Gasteiger partial charge >= 0.3 is 0 Å². The number of imidazole rings is 1. The van der Waals surface area contributed by atoms with Gasteiger partial charge in [0.15, 0.2) is 17.3 Å². The van der Waals surface area contributed by atoms with E-state index in [1.54, 1.807) is 24.7 Å². The molecule has 0 aromatic carbocycles. The molecule has 0 bridgehead atoms. The second kappa shape index (κ2) is 9.16. The maximum atomic E-state index is 16.0. The smallest absolute Gasteiger partial charge is 0.227 e.